The van der Waals surface area contributed by atoms with Gasteiger partial charge in [-0.3, -0.25) is 9.59 Å². The van der Waals surface area contributed by atoms with E-state index in [1.807, 2.05) is 82.2 Å². The van der Waals surface area contributed by atoms with Crippen LogP contribution in [0.3, 0.4) is 0 Å². The van der Waals surface area contributed by atoms with Crippen LogP contribution in [-0.4, -0.2) is 50.6 Å². The first-order valence-corrected chi connectivity index (χ1v) is 14.6. The number of imidazole rings is 2. The van der Waals surface area contributed by atoms with Crippen LogP contribution in [0.1, 0.15) is 31.8 Å². The molecule has 214 valence electrons. The third-order valence-electron chi connectivity index (χ3n) is 8.95. The van der Waals surface area contributed by atoms with Crippen LogP contribution in [0.2, 0.25) is 0 Å². The Bertz CT molecular complexity index is 2620. The Morgan fingerprint density at radius 3 is 1.93 bits per heavy atom. The molecule has 0 N–H and O–H groups in total. The monoisotopic (exact) mass is 594 g/mol. The van der Waals surface area contributed by atoms with E-state index in [-0.39, 0.29) is 11.6 Å². The third-order valence-corrected chi connectivity index (χ3v) is 8.95. The van der Waals surface area contributed by atoms with Crippen LogP contribution in [0, 0.1) is 0 Å². The lowest BCUT2D eigenvalue weighted by atomic mass is 9.82. The molecule has 0 saturated heterocycles. The van der Waals surface area contributed by atoms with Gasteiger partial charge in [0, 0.05) is 68.9 Å². The zero-order valence-corrected chi connectivity index (χ0v) is 23.8. The summed E-state index contributed by atoms with van der Waals surface area (Å²) >= 11 is 0. The van der Waals surface area contributed by atoms with Gasteiger partial charge in [0.05, 0.1) is 52.0 Å². The minimum absolute atomic E-state index is 0.0483. The summed E-state index contributed by atoms with van der Waals surface area (Å²) in [4.78, 5) is 55.1. The number of hydrogen-bond acceptors (Lipinski definition) is 8. The zero-order chi connectivity index (χ0) is 30.5. The van der Waals surface area contributed by atoms with Gasteiger partial charge in [0.25, 0.3) is 0 Å². The van der Waals surface area contributed by atoms with Crippen molar-refractivity contribution in [1.82, 2.24) is 39.0 Å². The Kier molecular flexibility index (Phi) is 4.80. The SMILES string of the molecule is O=C1c2ccccc2-c2ncnc3c(-c4ccc5c(c4)-c4ncnc6c(-n7ccnc7)cc(-n7ccnc7)c(c46)C5=O)ccc1c23. The van der Waals surface area contributed by atoms with Crippen molar-refractivity contribution in [2.24, 2.45) is 0 Å². The second kappa shape index (κ2) is 8.93. The first-order chi connectivity index (χ1) is 22.7. The molecule has 46 heavy (non-hydrogen) atoms. The molecule has 0 aliphatic heterocycles. The number of hydrogen-bond donors (Lipinski definition) is 0. The lowest BCUT2D eigenvalue weighted by molar-refractivity contribution is 0.103. The van der Waals surface area contributed by atoms with Crippen molar-refractivity contribution in [3.05, 3.63) is 133 Å². The summed E-state index contributed by atoms with van der Waals surface area (Å²) in [5.74, 6) is -0.177. The van der Waals surface area contributed by atoms with Crippen molar-refractivity contribution in [3.63, 3.8) is 0 Å². The average molecular weight is 595 g/mol. The molecule has 10 heteroatoms. The minimum atomic E-state index is -0.129. The highest BCUT2D eigenvalue weighted by Gasteiger charge is 2.33. The van der Waals surface area contributed by atoms with Gasteiger partial charge in [-0.1, -0.05) is 36.4 Å². The van der Waals surface area contributed by atoms with E-state index in [1.165, 1.54) is 6.33 Å². The van der Waals surface area contributed by atoms with Crippen LogP contribution in [0.5, 0.6) is 0 Å². The molecule has 0 atom stereocenters. The lowest BCUT2D eigenvalue weighted by Gasteiger charge is -2.24. The van der Waals surface area contributed by atoms with Crippen LogP contribution < -0.4 is 0 Å². The van der Waals surface area contributed by atoms with Crippen LogP contribution in [0.25, 0.3) is 66.8 Å². The van der Waals surface area contributed by atoms with Crippen molar-refractivity contribution >= 4 is 33.4 Å². The number of rotatable bonds is 3. The molecule has 0 unspecified atom stereocenters. The molecule has 0 spiro atoms. The Balaban J connectivity index is 1.24. The van der Waals surface area contributed by atoms with Gasteiger partial charge in [0.15, 0.2) is 11.6 Å². The van der Waals surface area contributed by atoms with E-state index in [9.17, 15) is 9.59 Å². The largest absolute Gasteiger partial charge is 0.305 e. The number of fused-ring (bicyclic) bond motifs is 4. The van der Waals surface area contributed by atoms with Crippen LogP contribution in [-0.2, 0) is 0 Å². The maximum Gasteiger partial charge on any atom is 0.196 e. The van der Waals surface area contributed by atoms with Crippen molar-refractivity contribution in [1.29, 1.82) is 0 Å². The first-order valence-electron chi connectivity index (χ1n) is 14.6. The van der Waals surface area contributed by atoms with Gasteiger partial charge >= 0.3 is 0 Å². The highest BCUT2D eigenvalue weighted by atomic mass is 16.1. The molecule has 10 rings (SSSR count). The predicted molar refractivity (Wildman–Crippen MR) is 170 cm³/mol. The average Bonchev–Trinajstić information content (AvgIpc) is 3.84. The molecule has 0 amide bonds. The molecule has 0 bridgehead atoms. The number of carbonyl (C=O) groups excluding carboxylic acids is 2. The summed E-state index contributed by atoms with van der Waals surface area (Å²) in [5, 5.41) is 1.38. The molecule has 4 aromatic carbocycles. The van der Waals surface area contributed by atoms with Crippen LogP contribution in [0.4, 0.5) is 0 Å². The van der Waals surface area contributed by atoms with Crippen molar-refractivity contribution in [3.8, 4) is 45.0 Å². The molecular weight excluding hydrogens is 576 g/mol. The van der Waals surface area contributed by atoms with Gasteiger partial charge in [0.2, 0.25) is 0 Å². The third kappa shape index (κ3) is 3.19. The predicted octanol–water partition coefficient (Wildman–Crippen LogP) is 6.03. The van der Waals surface area contributed by atoms with Gasteiger partial charge in [-0.25, -0.2) is 29.9 Å². The Labute approximate surface area is 259 Å². The smallest absolute Gasteiger partial charge is 0.196 e. The number of nitrogens with zero attached hydrogens (tertiary/aromatic N) is 8. The summed E-state index contributed by atoms with van der Waals surface area (Å²) in [7, 11) is 0. The summed E-state index contributed by atoms with van der Waals surface area (Å²) < 4.78 is 3.71. The fourth-order valence-corrected chi connectivity index (χ4v) is 6.93. The number of benzene rings is 4. The lowest BCUT2D eigenvalue weighted by Crippen LogP contribution is -2.16. The standard InChI is InChI=1S/C36H18N8O2/c45-35-22-4-2-1-3-21(22)32-28-24(35)8-7-20(31(28)39-15-40-32)19-5-6-23-25(13-19)33-30-29(36(23)46)26(43-11-9-37-17-43)14-27(34(30)42-16-41-33)44-12-10-38-18-44/h1-18H. The van der Waals surface area contributed by atoms with E-state index in [2.05, 4.69) is 24.9 Å². The molecule has 8 aromatic rings. The van der Waals surface area contributed by atoms with E-state index in [1.54, 1.807) is 31.4 Å². The minimum Gasteiger partial charge on any atom is -0.305 e. The Morgan fingerprint density at radius 2 is 1.17 bits per heavy atom. The van der Waals surface area contributed by atoms with Gasteiger partial charge < -0.3 is 9.13 Å². The van der Waals surface area contributed by atoms with Crippen LogP contribution in [0.15, 0.2) is 111 Å². The summed E-state index contributed by atoms with van der Waals surface area (Å²) in [6.45, 7) is 0. The van der Waals surface area contributed by atoms with Gasteiger partial charge in [-0.2, -0.15) is 0 Å². The molecule has 2 aliphatic rings. The normalized spacial score (nSPS) is 12.9. The summed E-state index contributed by atoms with van der Waals surface area (Å²) in [6, 6.07) is 19.0. The number of aromatic nitrogens is 8. The van der Waals surface area contributed by atoms with Gasteiger partial charge in [-0.05, 0) is 29.8 Å². The molecule has 2 aliphatic carbocycles. The van der Waals surface area contributed by atoms with E-state index in [0.29, 0.717) is 55.6 Å². The fourth-order valence-electron chi connectivity index (χ4n) is 6.93. The summed E-state index contributed by atoms with van der Waals surface area (Å²) in [5.41, 5.74) is 9.55. The molecule has 0 saturated carbocycles. The van der Waals surface area contributed by atoms with Gasteiger partial charge in [0.1, 0.15) is 12.7 Å². The van der Waals surface area contributed by atoms with E-state index >= 15 is 0 Å². The molecule has 10 nitrogen and oxygen atoms in total. The first kappa shape index (κ1) is 24.7. The second-order valence-corrected chi connectivity index (χ2v) is 11.2. The highest BCUT2D eigenvalue weighted by molar-refractivity contribution is 6.28. The second-order valence-electron chi connectivity index (χ2n) is 11.2. The van der Waals surface area contributed by atoms with E-state index < -0.39 is 0 Å². The molecular formula is C36H18N8O2. The van der Waals surface area contributed by atoms with Crippen molar-refractivity contribution < 1.29 is 9.59 Å². The van der Waals surface area contributed by atoms with E-state index in [0.717, 1.165) is 33.5 Å². The fraction of sp³-hybridized carbons (Fsp3) is 0. The number of ketones is 2. The van der Waals surface area contributed by atoms with Crippen molar-refractivity contribution in [2.75, 3.05) is 0 Å². The molecule has 4 heterocycles. The highest BCUT2D eigenvalue weighted by Crippen LogP contribution is 2.45. The molecule has 4 aromatic heterocycles. The molecule has 0 fully saturated rings. The van der Waals surface area contributed by atoms with Crippen molar-refractivity contribution in [2.45, 2.75) is 0 Å². The number of carbonyl (C=O) groups is 2. The Hall–Kier alpha value is -6.68. The quantitative estimate of drug-likeness (QED) is 0.243. The Morgan fingerprint density at radius 1 is 0.522 bits per heavy atom. The molecule has 0 radical (unpaired) electrons. The maximum absolute atomic E-state index is 14.4. The summed E-state index contributed by atoms with van der Waals surface area (Å²) in [6.07, 6.45) is 13.5. The topological polar surface area (TPSA) is 121 Å². The maximum atomic E-state index is 14.4. The van der Waals surface area contributed by atoms with E-state index in [4.69, 9.17) is 4.98 Å². The zero-order valence-electron chi connectivity index (χ0n) is 23.8. The van der Waals surface area contributed by atoms with Gasteiger partial charge in [-0.15, -0.1) is 0 Å². The van der Waals surface area contributed by atoms with Crippen LogP contribution >= 0.6 is 0 Å².